The molecule has 2 saturated carbocycles. The van der Waals surface area contributed by atoms with Crippen molar-refractivity contribution in [2.45, 2.75) is 44.1 Å². The Balaban J connectivity index is 1.72. The Kier molecular flexibility index (Phi) is 2.75. The van der Waals surface area contributed by atoms with E-state index in [4.69, 9.17) is 0 Å². The largest absolute Gasteiger partial charge is 0.385 e. The second kappa shape index (κ2) is 4.26. The maximum absolute atomic E-state index is 11.9. The topological polar surface area (TPSA) is 37.3 Å². The molecule has 1 aromatic carbocycles. The lowest BCUT2D eigenvalue weighted by molar-refractivity contribution is 0.0704. The molecule has 0 radical (unpaired) electrons. The maximum atomic E-state index is 11.9. The van der Waals surface area contributed by atoms with Gasteiger partial charge in [0.2, 0.25) is 0 Å². The first kappa shape index (κ1) is 11.0. The van der Waals surface area contributed by atoms with Crippen molar-refractivity contribution in [3.8, 4) is 0 Å². The van der Waals surface area contributed by atoms with Gasteiger partial charge < -0.3 is 5.11 Å². The van der Waals surface area contributed by atoms with E-state index in [-0.39, 0.29) is 11.7 Å². The standard InChI is InChI=1S/C15H18O2/c16-14(15(17)13-8-9-13)12-6-4-11(5-7-12)10-2-1-3-10/h4-7,10,13,15,17H,1-3,8-9H2. The third-order valence-electron chi connectivity index (χ3n) is 4.11. The molecule has 2 nitrogen and oxygen atoms in total. The lowest BCUT2D eigenvalue weighted by atomic mass is 9.80. The molecule has 2 heteroatoms. The van der Waals surface area contributed by atoms with Gasteiger partial charge in [-0.25, -0.2) is 0 Å². The predicted octanol–water partition coefficient (Wildman–Crippen LogP) is 2.91. The minimum atomic E-state index is -0.774. The van der Waals surface area contributed by atoms with E-state index in [1.54, 1.807) is 0 Å². The molecule has 1 N–H and O–H groups in total. The highest BCUT2D eigenvalue weighted by atomic mass is 16.3. The molecule has 1 unspecified atom stereocenters. The summed E-state index contributed by atoms with van der Waals surface area (Å²) in [5.74, 6) is 0.814. The summed E-state index contributed by atoms with van der Waals surface area (Å²) in [7, 11) is 0. The zero-order chi connectivity index (χ0) is 11.8. The Labute approximate surface area is 102 Å². The number of aliphatic hydroxyl groups is 1. The second-order valence-corrected chi connectivity index (χ2v) is 5.40. The van der Waals surface area contributed by atoms with Gasteiger partial charge in [0.25, 0.3) is 0 Å². The van der Waals surface area contributed by atoms with E-state index in [1.165, 1.54) is 24.8 Å². The number of carbonyl (C=O) groups excluding carboxylic acids is 1. The van der Waals surface area contributed by atoms with Crippen molar-refractivity contribution in [2.75, 3.05) is 0 Å². The Morgan fingerprint density at radius 1 is 1.12 bits per heavy atom. The number of carbonyl (C=O) groups is 1. The van der Waals surface area contributed by atoms with Crippen LogP contribution in [0.1, 0.15) is 53.9 Å². The summed E-state index contributed by atoms with van der Waals surface area (Å²) in [5.41, 5.74) is 2.00. The van der Waals surface area contributed by atoms with Crippen molar-refractivity contribution in [1.82, 2.24) is 0 Å². The van der Waals surface area contributed by atoms with Gasteiger partial charge in [0.05, 0.1) is 0 Å². The van der Waals surface area contributed by atoms with Crippen molar-refractivity contribution in [3.63, 3.8) is 0 Å². The van der Waals surface area contributed by atoms with Gasteiger partial charge in [0.1, 0.15) is 6.10 Å². The quantitative estimate of drug-likeness (QED) is 0.807. The fraction of sp³-hybridized carbons (Fsp3) is 0.533. The summed E-state index contributed by atoms with van der Waals surface area (Å²) in [6, 6.07) is 7.86. The number of aliphatic hydroxyl groups excluding tert-OH is 1. The molecular weight excluding hydrogens is 212 g/mol. The van der Waals surface area contributed by atoms with Crippen LogP contribution in [0.2, 0.25) is 0 Å². The Hall–Kier alpha value is -1.15. The molecule has 17 heavy (non-hydrogen) atoms. The SMILES string of the molecule is O=C(c1ccc(C2CCC2)cc1)C(O)C1CC1. The normalized spacial score (nSPS) is 21.9. The van der Waals surface area contributed by atoms with E-state index in [2.05, 4.69) is 12.1 Å². The molecule has 0 amide bonds. The van der Waals surface area contributed by atoms with Gasteiger partial charge in [0.15, 0.2) is 5.78 Å². The highest BCUT2D eigenvalue weighted by Crippen LogP contribution is 2.37. The molecule has 0 aliphatic heterocycles. The van der Waals surface area contributed by atoms with E-state index < -0.39 is 6.10 Å². The average Bonchev–Trinajstić information content (AvgIpc) is 3.10. The van der Waals surface area contributed by atoms with E-state index in [0.717, 1.165) is 12.8 Å². The molecule has 90 valence electrons. The monoisotopic (exact) mass is 230 g/mol. The summed E-state index contributed by atoms with van der Waals surface area (Å²) >= 11 is 0. The molecule has 0 saturated heterocycles. The van der Waals surface area contributed by atoms with Gasteiger partial charge in [-0.3, -0.25) is 4.79 Å². The first-order chi connectivity index (χ1) is 8.25. The number of rotatable bonds is 4. The van der Waals surface area contributed by atoms with E-state index in [0.29, 0.717) is 11.5 Å². The molecular formula is C15H18O2. The third kappa shape index (κ3) is 2.14. The van der Waals surface area contributed by atoms with Crippen molar-refractivity contribution < 1.29 is 9.90 Å². The number of ketones is 1. The number of hydrogen-bond acceptors (Lipinski definition) is 2. The zero-order valence-electron chi connectivity index (χ0n) is 9.93. The minimum Gasteiger partial charge on any atom is -0.385 e. The molecule has 2 aliphatic rings. The van der Waals surface area contributed by atoms with Crippen LogP contribution >= 0.6 is 0 Å². The van der Waals surface area contributed by atoms with Gasteiger partial charge in [-0.1, -0.05) is 30.7 Å². The molecule has 0 aromatic heterocycles. The first-order valence-corrected chi connectivity index (χ1v) is 6.58. The van der Waals surface area contributed by atoms with Crippen LogP contribution in [0.15, 0.2) is 24.3 Å². The van der Waals surface area contributed by atoms with Crippen molar-refractivity contribution in [1.29, 1.82) is 0 Å². The summed E-state index contributed by atoms with van der Waals surface area (Å²) in [5, 5.41) is 9.80. The van der Waals surface area contributed by atoms with Gasteiger partial charge in [-0.15, -0.1) is 0 Å². The van der Waals surface area contributed by atoms with Crippen LogP contribution in [0.25, 0.3) is 0 Å². The van der Waals surface area contributed by atoms with Crippen LogP contribution in [0, 0.1) is 5.92 Å². The molecule has 0 heterocycles. The summed E-state index contributed by atoms with van der Waals surface area (Å²) in [4.78, 5) is 11.9. The lowest BCUT2D eigenvalue weighted by Crippen LogP contribution is -2.22. The average molecular weight is 230 g/mol. The van der Waals surface area contributed by atoms with Crippen LogP contribution in [0.3, 0.4) is 0 Å². The first-order valence-electron chi connectivity index (χ1n) is 6.58. The van der Waals surface area contributed by atoms with E-state index >= 15 is 0 Å². The molecule has 1 aromatic rings. The van der Waals surface area contributed by atoms with Gasteiger partial charge >= 0.3 is 0 Å². The van der Waals surface area contributed by atoms with Crippen molar-refractivity contribution in [3.05, 3.63) is 35.4 Å². The maximum Gasteiger partial charge on any atom is 0.191 e. The van der Waals surface area contributed by atoms with Crippen molar-refractivity contribution in [2.24, 2.45) is 5.92 Å². The summed E-state index contributed by atoms with van der Waals surface area (Å²) in [6.07, 6.45) is 5.09. The molecule has 0 bridgehead atoms. The van der Waals surface area contributed by atoms with Gasteiger partial charge in [-0.05, 0) is 43.1 Å². The highest BCUT2D eigenvalue weighted by Gasteiger charge is 2.34. The van der Waals surface area contributed by atoms with Crippen molar-refractivity contribution >= 4 is 5.78 Å². The zero-order valence-corrected chi connectivity index (χ0v) is 9.93. The van der Waals surface area contributed by atoms with Gasteiger partial charge in [-0.2, -0.15) is 0 Å². The second-order valence-electron chi connectivity index (χ2n) is 5.40. The van der Waals surface area contributed by atoms with Gasteiger partial charge in [0, 0.05) is 5.56 Å². The van der Waals surface area contributed by atoms with Crippen LogP contribution in [0.4, 0.5) is 0 Å². The molecule has 2 aliphatic carbocycles. The molecule has 2 fully saturated rings. The highest BCUT2D eigenvalue weighted by molar-refractivity contribution is 5.99. The summed E-state index contributed by atoms with van der Waals surface area (Å²) in [6.45, 7) is 0. The Morgan fingerprint density at radius 3 is 2.24 bits per heavy atom. The number of benzene rings is 1. The predicted molar refractivity (Wildman–Crippen MR) is 66.1 cm³/mol. The van der Waals surface area contributed by atoms with Crippen LogP contribution in [-0.4, -0.2) is 17.0 Å². The fourth-order valence-electron chi connectivity index (χ4n) is 2.46. The molecule has 1 atom stereocenters. The number of hydrogen-bond donors (Lipinski definition) is 1. The molecule has 3 rings (SSSR count). The summed E-state index contributed by atoms with van der Waals surface area (Å²) < 4.78 is 0. The minimum absolute atomic E-state index is 0.104. The van der Waals surface area contributed by atoms with Crippen LogP contribution in [0.5, 0.6) is 0 Å². The molecule has 0 spiro atoms. The van der Waals surface area contributed by atoms with Crippen LogP contribution < -0.4 is 0 Å². The number of Topliss-reactive ketones (excluding diaryl/α,β-unsaturated/α-hetero) is 1. The van der Waals surface area contributed by atoms with Crippen LogP contribution in [-0.2, 0) is 0 Å². The Morgan fingerprint density at radius 2 is 1.76 bits per heavy atom. The lowest BCUT2D eigenvalue weighted by Gasteiger charge is -2.25. The van der Waals surface area contributed by atoms with E-state index in [1.807, 2.05) is 12.1 Å². The third-order valence-corrected chi connectivity index (χ3v) is 4.11. The Bertz CT molecular complexity index is 413. The fourth-order valence-corrected chi connectivity index (χ4v) is 2.46. The smallest absolute Gasteiger partial charge is 0.191 e. The van der Waals surface area contributed by atoms with E-state index in [9.17, 15) is 9.90 Å².